The van der Waals surface area contributed by atoms with Gasteiger partial charge in [-0.3, -0.25) is 9.59 Å². The normalized spacial score (nSPS) is 25.8. The molecule has 0 bridgehead atoms. The summed E-state index contributed by atoms with van der Waals surface area (Å²) in [6.07, 6.45) is 8.76. The van der Waals surface area contributed by atoms with Gasteiger partial charge in [0.05, 0.1) is 11.7 Å². The lowest BCUT2D eigenvalue weighted by Gasteiger charge is -2.57. The maximum atomic E-state index is 12.5. The molecule has 126 valence electrons. The molecule has 2 aliphatic rings. The topological polar surface area (TPSA) is 60.3 Å². The van der Waals surface area contributed by atoms with Gasteiger partial charge in [-0.1, -0.05) is 19.3 Å². The van der Waals surface area contributed by atoms with Gasteiger partial charge in [-0.2, -0.15) is 0 Å². The number of hydrogen-bond donors (Lipinski definition) is 1. The second-order valence-corrected chi connectivity index (χ2v) is 6.87. The fourth-order valence-corrected chi connectivity index (χ4v) is 4.24. The van der Waals surface area contributed by atoms with Crippen molar-refractivity contribution in [2.24, 2.45) is 12.5 Å². The van der Waals surface area contributed by atoms with Crippen LogP contribution >= 0.6 is 0 Å². The van der Waals surface area contributed by atoms with Crippen LogP contribution in [0, 0.1) is 5.41 Å². The number of ether oxygens (including phenoxy) is 1. The van der Waals surface area contributed by atoms with Gasteiger partial charge < -0.3 is 14.6 Å². The second kappa shape index (κ2) is 6.48. The van der Waals surface area contributed by atoms with Gasteiger partial charge in [-0.15, -0.1) is 0 Å². The van der Waals surface area contributed by atoms with Gasteiger partial charge in [0.25, 0.3) is 5.91 Å². The van der Waals surface area contributed by atoms with E-state index >= 15 is 0 Å². The first-order valence-corrected chi connectivity index (χ1v) is 8.66. The van der Waals surface area contributed by atoms with Crippen LogP contribution in [0.3, 0.4) is 0 Å². The third-order valence-corrected chi connectivity index (χ3v) is 5.59. The smallest absolute Gasteiger partial charge is 0.253 e. The molecule has 1 heterocycles. The van der Waals surface area contributed by atoms with E-state index in [0.717, 1.165) is 25.9 Å². The molecule has 1 aromatic heterocycles. The van der Waals surface area contributed by atoms with Crippen molar-refractivity contribution in [2.75, 3.05) is 6.61 Å². The molecule has 0 unspecified atom stereocenters. The highest BCUT2D eigenvalue weighted by Crippen LogP contribution is 2.53. The summed E-state index contributed by atoms with van der Waals surface area (Å²) in [5.41, 5.74) is 0.549. The zero-order valence-corrected chi connectivity index (χ0v) is 14.0. The quantitative estimate of drug-likeness (QED) is 0.926. The number of carbonyl (C=O) groups is 1. The number of aryl methyl sites for hydroxylation is 1. The molecule has 0 radical (unpaired) electrons. The minimum absolute atomic E-state index is 0.0921. The van der Waals surface area contributed by atoms with Crippen molar-refractivity contribution in [3.8, 4) is 0 Å². The molecule has 1 N–H and O–H groups in total. The molecule has 1 amide bonds. The predicted octanol–water partition coefficient (Wildman–Crippen LogP) is 2.24. The highest BCUT2D eigenvalue weighted by Gasteiger charge is 2.56. The standard InChI is InChI=1S/C18H26N2O3/c1-3-23-15-11-14(18(15)9-5-4-6-10-18)19-17(22)13-7-8-16(21)20(2)12-13/h7-8,12,14-15H,3-6,9-11H2,1-2H3,(H,19,22)/t14-,15+/m0/s1. The number of rotatable bonds is 4. The fraction of sp³-hybridized carbons (Fsp3) is 0.667. The van der Waals surface area contributed by atoms with Crippen LogP contribution in [0.2, 0.25) is 0 Å². The molecule has 5 nitrogen and oxygen atoms in total. The first-order chi connectivity index (χ1) is 11.1. The molecular formula is C18H26N2O3. The van der Waals surface area contributed by atoms with Crippen molar-refractivity contribution in [1.82, 2.24) is 9.88 Å². The fourth-order valence-electron chi connectivity index (χ4n) is 4.24. The monoisotopic (exact) mass is 318 g/mol. The van der Waals surface area contributed by atoms with Gasteiger partial charge in [0.1, 0.15) is 0 Å². The van der Waals surface area contributed by atoms with Crippen LogP contribution in [0.4, 0.5) is 0 Å². The van der Waals surface area contributed by atoms with Crippen LogP contribution in [0.25, 0.3) is 0 Å². The Labute approximate surface area is 137 Å². The lowest BCUT2D eigenvalue weighted by atomic mass is 9.55. The molecule has 5 heteroatoms. The number of pyridine rings is 1. The number of nitrogens with zero attached hydrogens (tertiary/aromatic N) is 1. The maximum Gasteiger partial charge on any atom is 0.253 e. The Morgan fingerprint density at radius 3 is 2.74 bits per heavy atom. The van der Waals surface area contributed by atoms with Gasteiger partial charge in [0.2, 0.25) is 5.56 Å². The number of carbonyl (C=O) groups excluding carboxylic acids is 1. The van der Waals surface area contributed by atoms with E-state index in [1.54, 1.807) is 19.3 Å². The van der Waals surface area contributed by atoms with Crippen LogP contribution < -0.4 is 10.9 Å². The van der Waals surface area contributed by atoms with E-state index in [1.807, 2.05) is 6.92 Å². The Morgan fingerprint density at radius 1 is 1.35 bits per heavy atom. The van der Waals surface area contributed by atoms with Crippen molar-refractivity contribution in [3.63, 3.8) is 0 Å². The summed E-state index contributed by atoms with van der Waals surface area (Å²) in [4.78, 5) is 24.0. The van der Waals surface area contributed by atoms with Crippen LogP contribution in [0.15, 0.2) is 23.1 Å². The predicted molar refractivity (Wildman–Crippen MR) is 88.5 cm³/mol. The Bertz CT molecular complexity index is 631. The van der Waals surface area contributed by atoms with Gasteiger partial charge in [0.15, 0.2) is 0 Å². The first kappa shape index (κ1) is 16.2. The van der Waals surface area contributed by atoms with E-state index in [0.29, 0.717) is 5.56 Å². The lowest BCUT2D eigenvalue weighted by molar-refractivity contribution is -0.146. The molecule has 0 aliphatic heterocycles. The molecule has 2 saturated carbocycles. The number of nitrogens with one attached hydrogen (secondary N) is 1. The van der Waals surface area contributed by atoms with E-state index in [9.17, 15) is 9.59 Å². The zero-order chi connectivity index (χ0) is 16.4. The third-order valence-electron chi connectivity index (χ3n) is 5.59. The van der Waals surface area contributed by atoms with Crippen molar-refractivity contribution in [3.05, 3.63) is 34.2 Å². The molecular weight excluding hydrogens is 292 g/mol. The van der Waals surface area contributed by atoms with Crippen molar-refractivity contribution in [1.29, 1.82) is 0 Å². The highest BCUT2D eigenvalue weighted by atomic mass is 16.5. The Kier molecular flexibility index (Phi) is 4.57. The molecule has 0 saturated heterocycles. The number of hydrogen-bond acceptors (Lipinski definition) is 3. The van der Waals surface area contributed by atoms with Crippen LogP contribution in [0.5, 0.6) is 0 Å². The molecule has 1 aromatic rings. The summed E-state index contributed by atoms with van der Waals surface area (Å²) < 4.78 is 7.37. The van der Waals surface area contributed by atoms with Crippen LogP contribution in [0.1, 0.15) is 55.8 Å². The molecule has 2 fully saturated rings. The zero-order valence-electron chi connectivity index (χ0n) is 14.0. The van der Waals surface area contributed by atoms with Gasteiger partial charge >= 0.3 is 0 Å². The summed E-state index contributed by atoms with van der Waals surface area (Å²) in [5, 5.41) is 3.19. The number of amides is 1. The molecule has 23 heavy (non-hydrogen) atoms. The maximum absolute atomic E-state index is 12.5. The summed E-state index contributed by atoms with van der Waals surface area (Å²) in [6, 6.07) is 3.22. The SMILES string of the molecule is CCO[C@@H]1C[C@H](NC(=O)c2ccc(=O)n(C)c2)C12CCCCC2. The Balaban J connectivity index is 1.72. The third kappa shape index (κ3) is 2.94. The largest absolute Gasteiger partial charge is 0.378 e. The minimum Gasteiger partial charge on any atom is -0.378 e. The Morgan fingerprint density at radius 2 is 2.09 bits per heavy atom. The highest BCUT2D eigenvalue weighted by molar-refractivity contribution is 5.94. The first-order valence-electron chi connectivity index (χ1n) is 8.66. The molecule has 3 rings (SSSR count). The molecule has 2 aliphatic carbocycles. The summed E-state index contributed by atoms with van der Waals surface area (Å²) >= 11 is 0. The average Bonchev–Trinajstić information content (AvgIpc) is 2.57. The van der Waals surface area contributed by atoms with E-state index in [-0.39, 0.29) is 29.0 Å². The summed E-state index contributed by atoms with van der Waals surface area (Å²) in [7, 11) is 1.66. The lowest BCUT2D eigenvalue weighted by Crippen LogP contribution is -2.65. The van der Waals surface area contributed by atoms with Crippen LogP contribution in [-0.4, -0.2) is 29.2 Å². The average molecular weight is 318 g/mol. The van der Waals surface area contributed by atoms with Crippen molar-refractivity contribution < 1.29 is 9.53 Å². The van der Waals surface area contributed by atoms with Gasteiger partial charge in [-0.25, -0.2) is 0 Å². The summed E-state index contributed by atoms with van der Waals surface area (Å²) in [5.74, 6) is -0.0921. The molecule has 0 aromatic carbocycles. The molecule has 2 atom stereocenters. The second-order valence-electron chi connectivity index (χ2n) is 6.87. The van der Waals surface area contributed by atoms with Crippen molar-refractivity contribution in [2.45, 2.75) is 57.6 Å². The minimum atomic E-state index is -0.106. The summed E-state index contributed by atoms with van der Waals surface area (Å²) in [6.45, 7) is 2.76. The van der Waals surface area contributed by atoms with Gasteiger partial charge in [-0.05, 0) is 32.3 Å². The van der Waals surface area contributed by atoms with E-state index in [2.05, 4.69) is 5.32 Å². The molecule has 1 spiro atoms. The number of aromatic nitrogens is 1. The Hall–Kier alpha value is -1.62. The van der Waals surface area contributed by atoms with Crippen LogP contribution in [-0.2, 0) is 11.8 Å². The van der Waals surface area contributed by atoms with Gasteiger partial charge in [0, 0.05) is 37.4 Å². The van der Waals surface area contributed by atoms with E-state index in [1.165, 1.54) is 29.9 Å². The van der Waals surface area contributed by atoms with Crippen molar-refractivity contribution >= 4 is 5.91 Å². The van der Waals surface area contributed by atoms with E-state index in [4.69, 9.17) is 4.74 Å². The van der Waals surface area contributed by atoms with E-state index < -0.39 is 0 Å².